The highest BCUT2D eigenvalue weighted by Crippen LogP contribution is 2.28. The molecule has 3 aromatic rings. The molecule has 6 nitrogen and oxygen atoms in total. The van der Waals surface area contributed by atoms with E-state index in [2.05, 4.69) is 9.72 Å². The van der Waals surface area contributed by atoms with E-state index in [1.54, 1.807) is 0 Å². The molecular formula is C15H7Cl2FN2O4. The average Bonchev–Trinajstić information content (AvgIpc) is 2.50. The summed E-state index contributed by atoms with van der Waals surface area (Å²) in [5, 5.41) is 8.86. The fourth-order valence-corrected chi connectivity index (χ4v) is 2.61. The third-order valence-electron chi connectivity index (χ3n) is 3.16. The number of carbonyl (C=O) groups is 1. The summed E-state index contributed by atoms with van der Waals surface area (Å²) < 4.78 is 19.9. The molecule has 122 valence electrons. The molecule has 24 heavy (non-hydrogen) atoms. The number of benzene rings is 1. The van der Waals surface area contributed by atoms with E-state index in [0.29, 0.717) is 0 Å². The van der Waals surface area contributed by atoms with E-state index in [9.17, 15) is 14.0 Å². The molecule has 0 spiro atoms. The first kappa shape index (κ1) is 16.2. The SMILES string of the molecule is O=C(O)Oc1cn(-c2c(F)cccc2Cl)c2nc(Cl)ccc2c1=O. The fourth-order valence-electron chi connectivity index (χ4n) is 2.21. The van der Waals surface area contributed by atoms with Gasteiger partial charge in [0, 0.05) is 0 Å². The summed E-state index contributed by atoms with van der Waals surface area (Å²) >= 11 is 11.9. The number of ether oxygens (including phenoxy) is 1. The third-order valence-corrected chi connectivity index (χ3v) is 3.68. The number of aromatic nitrogens is 2. The van der Waals surface area contributed by atoms with Gasteiger partial charge in [0.05, 0.1) is 16.6 Å². The van der Waals surface area contributed by atoms with E-state index in [1.807, 2.05) is 0 Å². The van der Waals surface area contributed by atoms with Crippen molar-refractivity contribution in [3.05, 3.63) is 62.7 Å². The summed E-state index contributed by atoms with van der Waals surface area (Å²) in [6, 6.07) is 6.69. The molecule has 0 aliphatic rings. The Labute approximate surface area is 143 Å². The zero-order valence-corrected chi connectivity index (χ0v) is 13.2. The van der Waals surface area contributed by atoms with Gasteiger partial charge in [-0.25, -0.2) is 14.2 Å². The van der Waals surface area contributed by atoms with Crippen LogP contribution < -0.4 is 10.2 Å². The summed E-state index contributed by atoms with van der Waals surface area (Å²) in [5.41, 5.74) is -0.827. The van der Waals surface area contributed by atoms with E-state index in [0.717, 1.165) is 16.8 Å². The molecule has 0 aliphatic carbocycles. The summed E-state index contributed by atoms with van der Waals surface area (Å²) in [6.07, 6.45) is -0.675. The molecule has 0 radical (unpaired) electrons. The van der Waals surface area contributed by atoms with Crippen LogP contribution in [0.3, 0.4) is 0 Å². The van der Waals surface area contributed by atoms with Crippen LogP contribution >= 0.6 is 23.2 Å². The zero-order valence-electron chi connectivity index (χ0n) is 11.7. The first-order chi connectivity index (χ1) is 11.4. The highest BCUT2D eigenvalue weighted by Gasteiger charge is 2.18. The van der Waals surface area contributed by atoms with E-state index >= 15 is 0 Å². The number of para-hydroxylation sites is 1. The molecule has 2 heterocycles. The van der Waals surface area contributed by atoms with Gasteiger partial charge in [-0.1, -0.05) is 29.3 Å². The maximum absolute atomic E-state index is 14.3. The zero-order chi connectivity index (χ0) is 17.4. The largest absolute Gasteiger partial charge is 0.511 e. The van der Waals surface area contributed by atoms with Crippen LogP contribution in [0.25, 0.3) is 16.7 Å². The second-order valence-corrected chi connectivity index (χ2v) is 5.43. The van der Waals surface area contributed by atoms with Gasteiger partial charge in [-0.15, -0.1) is 0 Å². The predicted molar refractivity (Wildman–Crippen MR) is 86.0 cm³/mol. The number of carboxylic acid groups (broad SMARTS) is 1. The molecule has 0 saturated heterocycles. The second kappa shape index (κ2) is 6.10. The molecule has 3 rings (SSSR count). The van der Waals surface area contributed by atoms with E-state index in [-0.39, 0.29) is 26.9 Å². The minimum atomic E-state index is -1.68. The first-order valence-corrected chi connectivity index (χ1v) is 7.21. The topological polar surface area (TPSA) is 81.4 Å². The van der Waals surface area contributed by atoms with E-state index < -0.39 is 23.2 Å². The van der Waals surface area contributed by atoms with Crippen LogP contribution in [-0.2, 0) is 0 Å². The van der Waals surface area contributed by atoms with E-state index in [1.165, 1.54) is 24.3 Å². The van der Waals surface area contributed by atoms with Crippen LogP contribution in [0.2, 0.25) is 10.2 Å². The lowest BCUT2D eigenvalue weighted by molar-refractivity contribution is 0.144. The number of hydrogen-bond acceptors (Lipinski definition) is 4. The normalized spacial score (nSPS) is 10.8. The van der Waals surface area contributed by atoms with Gasteiger partial charge in [-0.2, -0.15) is 0 Å². The van der Waals surface area contributed by atoms with Crippen molar-refractivity contribution in [3.8, 4) is 11.4 Å². The van der Waals surface area contributed by atoms with Crippen molar-refractivity contribution >= 4 is 40.4 Å². The van der Waals surface area contributed by atoms with Gasteiger partial charge in [-0.05, 0) is 24.3 Å². The number of fused-ring (bicyclic) bond motifs is 1. The number of nitrogens with zero attached hydrogens (tertiary/aromatic N) is 2. The predicted octanol–water partition coefficient (Wildman–Crippen LogP) is 3.89. The number of halogens is 3. The lowest BCUT2D eigenvalue weighted by Crippen LogP contribution is -2.17. The van der Waals surface area contributed by atoms with Crippen molar-refractivity contribution < 1.29 is 19.0 Å². The minimum Gasteiger partial charge on any atom is -0.449 e. The second-order valence-electron chi connectivity index (χ2n) is 4.64. The van der Waals surface area contributed by atoms with Gasteiger partial charge >= 0.3 is 6.16 Å². The van der Waals surface area contributed by atoms with Crippen LogP contribution in [0.4, 0.5) is 9.18 Å². The van der Waals surface area contributed by atoms with Gasteiger partial charge in [0.2, 0.25) is 5.43 Å². The highest BCUT2D eigenvalue weighted by molar-refractivity contribution is 6.32. The number of rotatable bonds is 2. The Morgan fingerprint density at radius 1 is 1.25 bits per heavy atom. The van der Waals surface area contributed by atoms with Crippen molar-refractivity contribution in [2.75, 3.05) is 0 Å². The Bertz CT molecular complexity index is 1020. The van der Waals surface area contributed by atoms with Crippen molar-refractivity contribution in [1.29, 1.82) is 0 Å². The summed E-state index contributed by atoms with van der Waals surface area (Å²) in [4.78, 5) is 27.1. The molecule has 0 fully saturated rings. The Balaban J connectivity index is 2.46. The van der Waals surface area contributed by atoms with Crippen molar-refractivity contribution in [1.82, 2.24) is 9.55 Å². The molecule has 0 saturated carbocycles. The fraction of sp³-hybridized carbons (Fsp3) is 0. The smallest absolute Gasteiger partial charge is 0.449 e. The molecule has 0 aliphatic heterocycles. The van der Waals surface area contributed by atoms with Crippen LogP contribution in [0, 0.1) is 5.82 Å². The van der Waals surface area contributed by atoms with Crippen LogP contribution in [0.1, 0.15) is 0 Å². The summed E-state index contributed by atoms with van der Waals surface area (Å²) in [6.45, 7) is 0. The van der Waals surface area contributed by atoms with Gasteiger partial charge < -0.3 is 9.84 Å². The maximum Gasteiger partial charge on any atom is 0.511 e. The number of hydrogen-bond donors (Lipinski definition) is 1. The lowest BCUT2D eigenvalue weighted by atomic mass is 10.2. The molecule has 1 N–H and O–H groups in total. The molecule has 1 aromatic carbocycles. The van der Waals surface area contributed by atoms with Gasteiger partial charge in [0.25, 0.3) is 0 Å². The van der Waals surface area contributed by atoms with Crippen molar-refractivity contribution in [2.24, 2.45) is 0 Å². The van der Waals surface area contributed by atoms with Gasteiger partial charge in [-0.3, -0.25) is 9.36 Å². The van der Waals surface area contributed by atoms with Crippen LogP contribution in [-0.4, -0.2) is 20.8 Å². The van der Waals surface area contributed by atoms with E-state index in [4.69, 9.17) is 28.3 Å². The lowest BCUT2D eigenvalue weighted by Gasteiger charge is -2.14. The Morgan fingerprint density at radius 2 is 2.00 bits per heavy atom. The molecule has 0 amide bonds. The quantitative estimate of drug-likeness (QED) is 0.548. The van der Waals surface area contributed by atoms with Gasteiger partial charge in [0.1, 0.15) is 16.7 Å². The first-order valence-electron chi connectivity index (χ1n) is 6.45. The Morgan fingerprint density at radius 3 is 2.67 bits per heavy atom. The average molecular weight is 369 g/mol. The monoisotopic (exact) mass is 368 g/mol. The van der Waals surface area contributed by atoms with Crippen LogP contribution in [0.15, 0.2) is 41.3 Å². The summed E-state index contributed by atoms with van der Waals surface area (Å²) in [5.74, 6) is -1.21. The number of pyridine rings is 2. The third kappa shape index (κ3) is 2.79. The summed E-state index contributed by atoms with van der Waals surface area (Å²) in [7, 11) is 0. The molecular weight excluding hydrogens is 362 g/mol. The molecule has 0 atom stereocenters. The van der Waals surface area contributed by atoms with Gasteiger partial charge in [0.15, 0.2) is 11.4 Å². The Kier molecular flexibility index (Phi) is 4.13. The molecule has 2 aromatic heterocycles. The van der Waals surface area contributed by atoms with Crippen LogP contribution in [0.5, 0.6) is 5.75 Å². The minimum absolute atomic E-state index is 0.00234. The molecule has 0 unspecified atom stereocenters. The standard InChI is InChI=1S/C15H7Cl2FN2O4/c16-8-2-1-3-9(18)12(8)20-6-10(24-15(22)23)13(21)7-4-5-11(17)19-14(7)20/h1-6H,(H,22,23). The van der Waals surface area contributed by atoms with Crippen molar-refractivity contribution in [2.45, 2.75) is 0 Å². The highest BCUT2D eigenvalue weighted by atomic mass is 35.5. The van der Waals surface area contributed by atoms with Crippen molar-refractivity contribution in [3.63, 3.8) is 0 Å². The molecule has 9 heteroatoms. The molecule has 0 bridgehead atoms. The Hall–Kier alpha value is -2.64. The maximum atomic E-state index is 14.3.